The van der Waals surface area contributed by atoms with Crippen LogP contribution >= 0.6 is 0 Å². The Bertz CT molecular complexity index is 798. The van der Waals surface area contributed by atoms with Crippen LogP contribution in [0.25, 0.3) is 0 Å². The third kappa shape index (κ3) is 2.85. The van der Waals surface area contributed by atoms with E-state index in [-0.39, 0.29) is 5.82 Å². The average molecular weight is 339 g/mol. The summed E-state index contributed by atoms with van der Waals surface area (Å²) in [5.41, 5.74) is 1.96. The molecule has 0 amide bonds. The lowest BCUT2D eigenvalue weighted by Crippen LogP contribution is -2.41. The van der Waals surface area contributed by atoms with Gasteiger partial charge >= 0.3 is 0 Å². The summed E-state index contributed by atoms with van der Waals surface area (Å²) >= 11 is 0. The molecule has 0 aromatic heterocycles. The molecule has 2 aliphatic rings. The molecule has 1 unspecified atom stereocenters. The van der Waals surface area contributed by atoms with E-state index < -0.39 is 5.72 Å². The molecule has 3 nitrogen and oxygen atoms in total. The van der Waals surface area contributed by atoms with Gasteiger partial charge in [-0.15, -0.1) is 0 Å². The molecule has 2 aliphatic heterocycles. The van der Waals surface area contributed by atoms with E-state index in [2.05, 4.69) is 40.7 Å². The summed E-state index contributed by atoms with van der Waals surface area (Å²) < 4.78 is 15.5. The molecule has 2 aromatic carbocycles. The minimum atomic E-state index is -1.11. The van der Waals surface area contributed by atoms with Crippen LogP contribution in [0.1, 0.15) is 36.8 Å². The zero-order valence-corrected chi connectivity index (χ0v) is 14.6. The molecule has 1 atom stereocenters. The van der Waals surface area contributed by atoms with Gasteiger partial charge in [0.2, 0.25) is 0 Å². The van der Waals surface area contributed by atoms with Crippen molar-refractivity contribution in [3.8, 4) is 0 Å². The zero-order valence-electron chi connectivity index (χ0n) is 14.6. The number of aryl methyl sites for hydroxylation is 1. The molecular weight excluding hydrogens is 315 g/mol. The predicted octanol–water partition coefficient (Wildman–Crippen LogP) is 3.78. The molecule has 0 saturated carbocycles. The van der Waals surface area contributed by atoms with E-state index in [4.69, 9.17) is 0 Å². The Morgan fingerprint density at radius 1 is 1.00 bits per heavy atom. The molecule has 4 heteroatoms. The minimum Gasteiger partial charge on any atom is -0.346 e. The first-order valence-electron chi connectivity index (χ1n) is 9.04. The molecule has 0 fully saturated rings. The summed E-state index contributed by atoms with van der Waals surface area (Å²) in [4.78, 5) is 2.23. The Kier molecular flexibility index (Phi) is 4.08. The molecule has 0 saturated heterocycles. The molecular formula is C21H24FN2O+. The molecule has 0 aliphatic carbocycles. The highest BCUT2D eigenvalue weighted by Crippen LogP contribution is 2.35. The van der Waals surface area contributed by atoms with Crippen molar-refractivity contribution in [2.24, 2.45) is 0 Å². The lowest BCUT2D eigenvalue weighted by atomic mass is 10.0. The first-order valence-corrected chi connectivity index (χ1v) is 9.04. The Labute approximate surface area is 148 Å². The quantitative estimate of drug-likeness (QED) is 0.843. The minimum absolute atomic E-state index is 0.277. The molecule has 25 heavy (non-hydrogen) atoms. The second-order valence-electron chi connectivity index (χ2n) is 7.12. The van der Waals surface area contributed by atoms with Crippen LogP contribution in [0.2, 0.25) is 0 Å². The van der Waals surface area contributed by atoms with Gasteiger partial charge < -0.3 is 5.11 Å². The summed E-state index contributed by atoms with van der Waals surface area (Å²) in [6.07, 6.45) is 4.32. The first kappa shape index (κ1) is 16.3. The van der Waals surface area contributed by atoms with Gasteiger partial charge in [-0.1, -0.05) is 17.7 Å². The van der Waals surface area contributed by atoms with Crippen molar-refractivity contribution >= 4 is 11.5 Å². The van der Waals surface area contributed by atoms with Gasteiger partial charge in [0.25, 0.3) is 11.6 Å². The van der Waals surface area contributed by atoms with E-state index in [1.807, 2.05) is 0 Å². The van der Waals surface area contributed by atoms with E-state index >= 15 is 0 Å². The smallest absolute Gasteiger partial charge is 0.271 e. The van der Waals surface area contributed by atoms with Crippen molar-refractivity contribution < 1.29 is 14.1 Å². The topological polar surface area (TPSA) is 26.5 Å². The fraction of sp³-hybridized carbons (Fsp3) is 0.381. The third-order valence-electron chi connectivity index (χ3n) is 5.38. The predicted molar refractivity (Wildman–Crippen MR) is 97.4 cm³/mol. The van der Waals surface area contributed by atoms with E-state index in [1.54, 1.807) is 12.1 Å². The molecule has 2 heterocycles. The normalized spacial score (nSPS) is 23.6. The maximum atomic E-state index is 13.4. The second kappa shape index (κ2) is 6.26. The van der Waals surface area contributed by atoms with Crippen LogP contribution in [0.5, 0.6) is 0 Å². The van der Waals surface area contributed by atoms with Gasteiger partial charge in [-0.05, 0) is 62.6 Å². The number of β-amino-alcohol motifs (C(OH)–C–C–N with tert-alkyl or cyclic N) is 1. The second-order valence-corrected chi connectivity index (χ2v) is 7.12. The van der Waals surface area contributed by atoms with E-state index in [1.165, 1.54) is 30.0 Å². The van der Waals surface area contributed by atoms with Crippen molar-refractivity contribution in [3.63, 3.8) is 0 Å². The van der Waals surface area contributed by atoms with Gasteiger partial charge in [-0.2, -0.15) is 0 Å². The fourth-order valence-electron chi connectivity index (χ4n) is 4.00. The van der Waals surface area contributed by atoms with E-state index in [0.29, 0.717) is 6.54 Å². The Morgan fingerprint density at radius 2 is 1.72 bits per heavy atom. The number of nitrogens with zero attached hydrogens (tertiary/aromatic N) is 2. The molecule has 2 aromatic rings. The number of hydrogen-bond donors (Lipinski definition) is 1. The molecule has 130 valence electrons. The maximum Gasteiger partial charge on any atom is 0.271 e. The van der Waals surface area contributed by atoms with Gasteiger partial charge in [0.1, 0.15) is 11.5 Å². The lowest BCUT2D eigenvalue weighted by Gasteiger charge is -2.23. The molecule has 0 bridgehead atoms. The van der Waals surface area contributed by atoms with Gasteiger partial charge in [0.05, 0.1) is 6.54 Å². The third-order valence-corrected chi connectivity index (χ3v) is 5.38. The van der Waals surface area contributed by atoms with Crippen molar-refractivity contribution in [1.29, 1.82) is 0 Å². The summed E-state index contributed by atoms with van der Waals surface area (Å²) in [7, 11) is 0. The van der Waals surface area contributed by atoms with Crippen molar-refractivity contribution in [2.45, 2.75) is 38.3 Å². The van der Waals surface area contributed by atoms with Crippen LogP contribution in [0.15, 0.2) is 48.5 Å². The highest BCUT2D eigenvalue weighted by molar-refractivity contribution is 5.95. The number of benzene rings is 2. The fourth-order valence-corrected chi connectivity index (χ4v) is 4.00. The zero-order chi connectivity index (χ0) is 17.4. The van der Waals surface area contributed by atoms with Gasteiger partial charge in [0.15, 0.2) is 6.54 Å². The van der Waals surface area contributed by atoms with Crippen LogP contribution in [-0.4, -0.2) is 28.6 Å². The Balaban J connectivity index is 1.79. The average Bonchev–Trinajstić information content (AvgIpc) is 2.78. The molecule has 4 rings (SSSR count). The van der Waals surface area contributed by atoms with Gasteiger partial charge in [-0.3, -0.25) is 0 Å². The van der Waals surface area contributed by atoms with E-state index in [9.17, 15) is 9.50 Å². The Hall–Kier alpha value is -2.20. The number of anilines is 1. The number of aliphatic hydroxyl groups is 1. The summed E-state index contributed by atoms with van der Waals surface area (Å²) in [5, 5.41) is 11.6. The van der Waals surface area contributed by atoms with Crippen LogP contribution < -0.4 is 4.90 Å². The first-order chi connectivity index (χ1) is 12.1. The van der Waals surface area contributed by atoms with Crippen LogP contribution in [0.4, 0.5) is 10.1 Å². The Morgan fingerprint density at radius 3 is 2.44 bits per heavy atom. The van der Waals surface area contributed by atoms with E-state index in [0.717, 1.165) is 37.1 Å². The number of hydrogen-bond acceptors (Lipinski definition) is 2. The van der Waals surface area contributed by atoms with Crippen LogP contribution in [0.3, 0.4) is 0 Å². The van der Waals surface area contributed by atoms with Crippen LogP contribution in [0, 0.1) is 12.7 Å². The van der Waals surface area contributed by atoms with Crippen molar-refractivity contribution in [2.75, 3.05) is 18.0 Å². The molecule has 0 spiro atoms. The molecule has 0 radical (unpaired) electrons. The van der Waals surface area contributed by atoms with Crippen molar-refractivity contribution in [3.05, 3.63) is 65.5 Å². The number of rotatable bonds is 2. The van der Waals surface area contributed by atoms with Crippen LogP contribution in [-0.2, 0) is 5.72 Å². The monoisotopic (exact) mass is 339 g/mol. The number of amidine groups is 1. The highest BCUT2D eigenvalue weighted by atomic mass is 19.1. The molecule has 1 N–H and O–H groups in total. The standard InChI is InChI=1S/C21H24FN2O/c1-16-6-12-19(13-7-16)23-15-21(25,17-8-10-18(22)11-9-17)24-14-4-2-3-5-20(23)24/h6-13,25H,2-5,14-15H2,1H3/q+1. The number of halogens is 1. The summed E-state index contributed by atoms with van der Waals surface area (Å²) in [5.74, 6) is 0.897. The largest absolute Gasteiger partial charge is 0.346 e. The van der Waals surface area contributed by atoms with Gasteiger partial charge in [-0.25, -0.2) is 13.9 Å². The maximum absolute atomic E-state index is 13.4. The van der Waals surface area contributed by atoms with Crippen molar-refractivity contribution in [1.82, 2.24) is 0 Å². The summed E-state index contributed by atoms with van der Waals surface area (Å²) in [6.45, 7) is 3.37. The highest BCUT2D eigenvalue weighted by Gasteiger charge is 2.51. The van der Waals surface area contributed by atoms with Gasteiger partial charge in [0, 0.05) is 12.0 Å². The summed E-state index contributed by atoms with van der Waals surface area (Å²) in [6, 6.07) is 14.7. The SMILES string of the molecule is Cc1ccc(N2CC(O)(c3ccc(F)cc3)[N+]3=C2CCCCC3)cc1. The lowest BCUT2D eigenvalue weighted by molar-refractivity contribution is -0.658.